The van der Waals surface area contributed by atoms with Crippen LogP contribution in [0.3, 0.4) is 0 Å². The maximum Gasteiger partial charge on any atom is 0.142 e. The molecule has 0 bridgehead atoms. The van der Waals surface area contributed by atoms with Crippen molar-refractivity contribution in [2.24, 2.45) is 0 Å². The molecular formula is C23H29N5O. The largest absolute Gasteiger partial charge is 0.381 e. The van der Waals surface area contributed by atoms with Crippen LogP contribution < -0.4 is 5.32 Å². The Morgan fingerprint density at radius 2 is 1.76 bits per heavy atom. The van der Waals surface area contributed by atoms with Gasteiger partial charge in [-0.3, -0.25) is 9.80 Å². The Kier molecular flexibility index (Phi) is 6.40. The van der Waals surface area contributed by atoms with Crippen LogP contribution in [-0.2, 0) is 11.3 Å². The van der Waals surface area contributed by atoms with Crippen molar-refractivity contribution in [2.45, 2.75) is 24.9 Å². The van der Waals surface area contributed by atoms with Gasteiger partial charge >= 0.3 is 0 Å². The number of ether oxygens (including phenoxy) is 1. The Balaban J connectivity index is 1.38. The molecule has 1 aromatic carbocycles. The highest BCUT2D eigenvalue weighted by Gasteiger charge is 2.39. The number of hydrogen-bond acceptors (Lipinski definition) is 6. The van der Waals surface area contributed by atoms with Gasteiger partial charge in [0.25, 0.3) is 0 Å². The van der Waals surface area contributed by atoms with Gasteiger partial charge in [-0.25, -0.2) is 4.98 Å². The van der Waals surface area contributed by atoms with E-state index in [9.17, 15) is 0 Å². The Bertz CT molecular complexity index is 821. The molecule has 1 N–H and O–H groups in total. The molecular weight excluding hydrogens is 362 g/mol. The minimum atomic E-state index is 0.0847. The Morgan fingerprint density at radius 1 is 1.00 bits per heavy atom. The highest BCUT2D eigenvalue weighted by atomic mass is 16.5. The van der Waals surface area contributed by atoms with Gasteiger partial charge in [-0.05, 0) is 30.5 Å². The average Bonchev–Trinajstić information content (AvgIpc) is 2.80. The number of nitriles is 1. The maximum absolute atomic E-state index is 9.09. The zero-order valence-corrected chi connectivity index (χ0v) is 16.9. The van der Waals surface area contributed by atoms with E-state index in [0.717, 1.165) is 71.1 Å². The van der Waals surface area contributed by atoms with Gasteiger partial charge in [0.05, 0.1) is 0 Å². The number of anilines is 1. The van der Waals surface area contributed by atoms with Gasteiger partial charge < -0.3 is 10.1 Å². The molecule has 0 saturated carbocycles. The van der Waals surface area contributed by atoms with Gasteiger partial charge in [0, 0.05) is 58.0 Å². The van der Waals surface area contributed by atoms with Crippen LogP contribution >= 0.6 is 0 Å². The highest BCUT2D eigenvalue weighted by molar-refractivity contribution is 5.39. The SMILES string of the molecule is N#Cc1cccc(NCC2(N3CCN(Cc4ccccc4)CC3)CCOCC2)n1. The number of pyridine rings is 1. The minimum absolute atomic E-state index is 0.0847. The van der Waals surface area contributed by atoms with E-state index in [0.29, 0.717) is 5.69 Å². The molecule has 29 heavy (non-hydrogen) atoms. The first-order valence-corrected chi connectivity index (χ1v) is 10.5. The normalized spacial score (nSPS) is 20.1. The van der Waals surface area contributed by atoms with Crippen LogP contribution in [0.2, 0.25) is 0 Å². The third-order valence-electron chi connectivity index (χ3n) is 6.18. The maximum atomic E-state index is 9.09. The summed E-state index contributed by atoms with van der Waals surface area (Å²) in [7, 11) is 0. The van der Waals surface area contributed by atoms with E-state index in [2.05, 4.69) is 56.5 Å². The van der Waals surface area contributed by atoms with Crippen molar-refractivity contribution in [3.05, 3.63) is 59.8 Å². The molecule has 0 unspecified atom stereocenters. The number of nitrogens with one attached hydrogen (secondary N) is 1. The molecule has 2 aromatic rings. The molecule has 2 aliphatic heterocycles. The second-order valence-electron chi connectivity index (χ2n) is 7.96. The zero-order chi connectivity index (χ0) is 19.9. The highest BCUT2D eigenvalue weighted by Crippen LogP contribution is 2.30. The third-order valence-corrected chi connectivity index (χ3v) is 6.18. The predicted molar refractivity (Wildman–Crippen MR) is 114 cm³/mol. The summed E-state index contributed by atoms with van der Waals surface area (Å²) in [5.41, 5.74) is 1.92. The number of hydrogen-bond donors (Lipinski definition) is 1. The van der Waals surface area contributed by atoms with Gasteiger partial charge in [0.1, 0.15) is 17.6 Å². The van der Waals surface area contributed by atoms with Gasteiger partial charge in [0.15, 0.2) is 0 Å². The lowest BCUT2D eigenvalue weighted by molar-refractivity contribution is -0.0414. The number of benzene rings is 1. The second-order valence-corrected chi connectivity index (χ2v) is 7.96. The molecule has 0 amide bonds. The molecule has 3 heterocycles. The van der Waals surface area contributed by atoms with E-state index < -0.39 is 0 Å². The van der Waals surface area contributed by atoms with Crippen molar-refractivity contribution < 1.29 is 4.74 Å². The third kappa shape index (κ3) is 4.94. The molecule has 152 valence electrons. The lowest BCUT2D eigenvalue weighted by Gasteiger charge is -2.49. The van der Waals surface area contributed by atoms with Crippen LogP contribution in [0.5, 0.6) is 0 Å². The van der Waals surface area contributed by atoms with E-state index in [-0.39, 0.29) is 5.54 Å². The van der Waals surface area contributed by atoms with Crippen molar-refractivity contribution >= 4 is 5.82 Å². The zero-order valence-electron chi connectivity index (χ0n) is 16.9. The van der Waals surface area contributed by atoms with Gasteiger partial charge in [-0.2, -0.15) is 5.26 Å². The molecule has 2 saturated heterocycles. The smallest absolute Gasteiger partial charge is 0.142 e. The molecule has 0 aliphatic carbocycles. The number of aromatic nitrogens is 1. The quantitative estimate of drug-likeness (QED) is 0.817. The Hall–Kier alpha value is -2.46. The molecule has 2 fully saturated rings. The monoisotopic (exact) mass is 391 g/mol. The van der Waals surface area contributed by atoms with Crippen molar-refractivity contribution in [2.75, 3.05) is 51.3 Å². The lowest BCUT2D eigenvalue weighted by atomic mass is 9.87. The Morgan fingerprint density at radius 3 is 2.48 bits per heavy atom. The fraction of sp³-hybridized carbons (Fsp3) is 0.478. The van der Waals surface area contributed by atoms with Crippen LogP contribution in [0.15, 0.2) is 48.5 Å². The summed E-state index contributed by atoms with van der Waals surface area (Å²) >= 11 is 0. The Labute approximate surface area is 173 Å². The van der Waals surface area contributed by atoms with Crippen LogP contribution in [0, 0.1) is 11.3 Å². The fourth-order valence-corrected chi connectivity index (χ4v) is 4.43. The molecule has 0 atom stereocenters. The lowest BCUT2D eigenvalue weighted by Crippen LogP contribution is -2.61. The summed E-state index contributed by atoms with van der Waals surface area (Å²) in [5.74, 6) is 0.776. The number of rotatable bonds is 6. The van der Waals surface area contributed by atoms with Crippen molar-refractivity contribution in [3.63, 3.8) is 0 Å². The van der Waals surface area contributed by atoms with E-state index in [4.69, 9.17) is 10.00 Å². The minimum Gasteiger partial charge on any atom is -0.381 e. The average molecular weight is 392 g/mol. The first-order valence-electron chi connectivity index (χ1n) is 10.5. The summed E-state index contributed by atoms with van der Waals surface area (Å²) in [4.78, 5) is 9.58. The van der Waals surface area contributed by atoms with Crippen LogP contribution in [-0.4, -0.2) is 66.3 Å². The molecule has 4 rings (SSSR count). The van der Waals surface area contributed by atoms with Crippen molar-refractivity contribution in [3.8, 4) is 6.07 Å². The van der Waals surface area contributed by atoms with E-state index in [1.54, 1.807) is 6.07 Å². The van der Waals surface area contributed by atoms with Gasteiger partial charge in [-0.1, -0.05) is 36.4 Å². The fourth-order valence-electron chi connectivity index (χ4n) is 4.43. The first kappa shape index (κ1) is 19.8. The standard InChI is InChI=1S/C23H29N5O/c24-17-21-7-4-8-22(26-21)25-19-23(9-15-29-16-10-23)28-13-11-27(12-14-28)18-20-5-2-1-3-6-20/h1-8H,9-16,18-19H2,(H,25,26). The summed E-state index contributed by atoms with van der Waals surface area (Å²) in [6.45, 7) is 7.76. The summed E-state index contributed by atoms with van der Waals surface area (Å²) in [6.07, 6.45) is 2.05. The van der Waals surface area contributed by atoms with Crippen LogP contribution in [0.4, 0.5) is 5.82 Å². The van der Waals surface area contributed by atoms with Gasteiger partial charge in [0.2, 0.25) is 0 Å². The summed E-state index contributed by atoms with van der Waals surface area (Å²) in [6, 6.07) is 18.4. The molecule has 6 heteroatoms. The van der Waals surface area contributed by atoms with E-state index >= 15 is 0 Å². The van der Waals surface area contributed by atoms with Crippen molar-refractivity contribution in [1.29, 1.82) is 5.26 Å². The number of nitrogens with zero attached hydrogens (tertiary/aromatic N) is 4. The molecule has 6 nitrogen and oxygen atoms in total. The van der Waals surface area contributed by atoms with E-state index in [1.807, 2.05) is 12.1 Å². The second kappa shape index (κ2) is 9.36. The molecule has 0 spiro atoms. The van der Waals surface area contributed by atoms with Crippen LogP contribution in [0.1, 0.15) is 24.1 Å². The molecule has 0 radical (unpaired) electrons. The van der Waals surface area contributed by atoms with Gasteiger partial charge in [-0.15, -0.1) is 0 Å². The molecule has 2 aliphatic rings. The summed E-state index contributed by atoms with van der Waals surface area (Å²) in [5, 5.41) is 12.6. The molecule has 1 aromatic heterocycles. The van der Waals surface area contributed by atoms with Crippen molar-refractivity contribution in [1.82, 2.24) is 14.8 Å². The van der Waals surface area contributed by atoms with Crippen LogP contribution in [0.25, 0.3) is 0 Å². The van der Waals surface area contributed by atoms with E-state index in [1.165, 1.54) is 5.56 Å². The topological polar surface area (TPSA) is 64.4 Å². The summed E-state index contributed by atoms with van der Waals surface area (Å²) < 4.78 is 5.68. The predicted octanol–water partition coefficient (Wildman–Crippen LogP) is 2.73. The first-order chi connectivity index (χ1) is 14.3. The number of piperazine rings is 1.